The first-order chi connectivity index (χ1) is 9.65. The summed E-state index contributed by atoms with van der Waals surface area (Å²) in [6.45, 7) is 0.418. The summed E-state index contributed by atoms with van der Waals surface area (Å²) in [4.78, 5) is 11.3. The number of aromatic carboxylic acids is 1. The van der Waals surface area contributed by atoms with Gasteiger partial charge in [-0.15, -0.1) is 5.10 Å². The first-order valence-corrected chi connectivity index (χ1v) is 6.33. The number of hydrogen-bond acceptors (Lipinski definition) is 3. The lowest BCUT2D eigenvalue weighted by Crippen LogP contribution is -2.06. The second-order valence-electron chi connectivity index (χ2n) is 4.36. The highest BCUT2D eigenvalue weighted by Crippen LogP contribution is 2.19. The van der Waals surface area contributed by atoms with E-state index >= 15 is 0 Å². The van der Waals surface area contributed by atoms with Crippen molar-refractivity contribution in [1.29, 1.82) is 0 Å². The number of carboxylic acid groups (broad SMARTS) is 1. The van der Waals surface area contributed by atoms with Crippen LogP contribution < -0.4 is 0 Å². The standard InChI is InChI=1S/C14H10ClN3O2/c15-10-4-1-3-9(7-10)8-18-13-11(14(19)20)5-2-6-12(13)16-17-18/h1-7H,8H2,(H,19,20). The second kappa shape index (κ2) is 4.94. The van der Waals surface area contributed by atoms with Crippen LogP contribution in [0.1, 0.15) is 15.9 Å². The molecule has 0 bridgehead atoms. The lowest BCUT2D eigenvalue weighted by molar-refractivity contribution is 0.0698. The van der Waals surface area contributed by atoms with Crippen LogP contribution in [-0.4, -0.2) is 26.1 Å². The monoisotopic (exact) mass is 287 g/mol. The Balaban J connectivity index is 2.10. The van der Waals surface area contributed by atoms with Crippen LogP contribution in [0, 0.1) is 0 Å². The molecule has 3 aromatic rings. The van der Waals surface area contributed by atoms with Crippen molar-refractivity contribution in [3.05, 3.63) is 58.6 Å². The van der Waals surface area contributed by atoms with Crippen LogP contribution in [-0.2, 0) is 6.54 Å². The SMILES string of the molecule is O=C(O)c1cccc2nnn(Cc3cccc(Cl)c3)c12. The number of carbonyl (C=O) groups is 1. The molecule has 5 nitrogen and oxygen atoms in total. The summed E-state index contributed by atoms with van der Waals surface area (Å²) in [5, 5.41) is 17.9. The number of nitrogens with zero attached hydrogens (tertiary/aromatic N) is 3. The second-order valence-corrected chi connectivity index (χ2v) is 4.79. The van der Waals surface area contributed by atoms with Gasteiger partial charge < -0.3 is 5.11 Å². The fourth-order valence-electron chi connectivity index (χ4n) is 2.12. The molecule has 100 valence electrons. The van der Waals surface area contributed by atoms with E-state index in [9.17, 15) is 9.90 Å². The topological polar surface area (TPSA) is 68.0 Å². The van der Waals surface area contributed by atoms with Gasteiger partial charge in [-0.25, -0.2) is 9.48 Å². The highest BCUT2D eigenvalue weighted by Gasteiger charge is 2.14. The van der Waals surface area contributed by atoms with Crippen LogP contribution in [0.25, 0.3) is 11.0 Å². The van der Waals surface area contributed by atoms with Crippen molar-refractivity contribution in [3.8, 4) is 0 Å². The van der Waals surface area contributed by atoms with Gasteiger partial charge in [0.05, 0.1) is 12.1 Å². The Morgan fingerprint density at radius 1 is 1.25 bits per heavy atom. The maximum Gasteiger partial charge on any atom is 0.337 e. The summed E-state index contributed by atoms with van der Waals surface area (Å²) in [6, 6.07) is 12.3. The van der Waals surface area contributed by atoms with Crippen LogP contribution in [0.2, 0.25) is 5.02 Å². The average molecular weight is 288 g/mol. The Morgan fingerprint density at radius 3 is 2.80 bits per heavy atom. The van der Waals surface area contributed by atoms with Gasteiger partial charge in [0, 0.05) is 5.02 Å². The zero-order chi connectivity index (χ0) is 14.1. The molecule has 0 aliphatic heterocycles. The average Bonchev–Trinajstić information content (AvgIpc) is 2.82. The van der Waals surface area contributed by atoms with Gasteiger partial charge in [0.15, 0.2) is 0 Å². The maximum atomic E-state index is 11.3. The minimum absolute atomic E-state index is 0.189. The molecule has 0 fully saturated rings. The summed E-state index contributed by atoms with van der Waals surface area (Å²) < 4.78 is 1.57. The smallest absolute Gasteiger partial charge is 0.337 e. The van der Waals surface area contributed by atoms with Crippen LogP contribution in [0.5, 0.6) is 0 Å². The van der Waals surface area contributed by atoms with E-state index in [1.54, 1.807) is 28.9 Å². The summed E-state index contributed by atoms with van der Waals surface area (Å²) in [5.74, 6) is -0.995. The molecule has 1 aromatic heterocycles. The molecule has 20 heavy (non-hydrogen) atoms. The summed E-state index contributed by atoms with van der Waals surface area (Å²) >= 11 is 5.95. The molecule has 3 rings (SSSR count). The Labute approximate surface area is 119 Å². The number of halogens is 1. The molecule has 1 heterocycles. The quantitative estimate of drug-likeness (QED) is 0.804. The fourth-order valence-corrected chi connectivity index (χ4v) is 2.33. The van der Waals surface area contributed by atoms with Gasteiger partial charge in [-0.05, 0) is 29.8 Å². The molecule has 0 amide bonds. The number of carboxylic acids is 1. The lowest BCUT2D eigenvalue weighted by atomic mass is 10.1. The lowest BCUT2D eigenvalue weighted by Gasteiger charge is -2.05. The van der Waals surface area contributed by atoms with Gasteiger partial charge >= 0.3 is 5.97 Å². The number of aromatic nitrogens is 3. The van der Waals surface area contributed by atoms with Crippen LogP contribution in [0.3, 0.4) is 0 Å². The van der Waals surface area contributed by atoms with Crippen LogP contribution in [0.4, 0.5) is 0 Å². The van der Waals surface area contributed by atoms with E-state index in [2.05, 4.69) is 10.3 Å². The van der Waals surface area contributed by atoms with Gasteiger partial charge in [-0.1, -0.05) is 35.0 Å². The van der Waals surface area contributed by atoms with Crippen molar-refractivity contribution in [3.63, 3.8) is 0 Å². The third-order valence-corrected chi connectivity index (χ3v) is 3.22. The van der Waals surface area contributed by atoms with Gasteiger partial charge in [0.25, 0.3) is 0 Å². The zero-order valence-electron chi connectivity index (χ0n) is 10.3. The molecular formula is C14H10ClN3O2. The van der Waals surface area contributed by atoms with E-state index in [0.29, 0.717) is 22.6 Å². The summed E-state index contributed by atoms with van der Waals surface area (Å²) in [5.41, 5.74) is 2.20. The van der Waals surface area contributed by atoms with E-state index in [4.69, 9.17) is 11.6 Å². The van der Waals surface area contributed by atoms with E-state index in [0.717, 1.165) is 5.56 Å². The fraction of sp³-hybridized carbons (Fsp3) is 0.0714. The molecule has 2 aromatic carbocycles. The third kappa shape index (κ3) is 2.23. The minimum atomic E-state index is -0.995. The molecule has 0 atom stereocenters. The van der Waals surface area contributed by atoms with Gasteiger partial charge in [0.1, 0.15) is 11.0 Å². The van der Waals surface area contributed by atoms with Crippen molar-refractivity contribution < 1.29 is 9.90 Å². The van der Waals surface area contributed by atoms with Crippen LogP contribution in [0.15, 0.2) is 42.5 Å². The highest BCUT2D eigenvalue weighted by molar-refractivity contribution is 6.30. The molecule has 0 aliphatic carbocycles. The van der Waals surface area contributed by atoms with Gasteiger partial charge in [-0.3, -0.25) is 0 Å². The largest absolute Gasteiger partial charge is 0.478 e. The summed E-state index contributed by atoms with van der Waals surface area (Å²) in [7, 11) is 0. The zero-order valence-corrected chi connectivity index (χ0v) is 11.1. The predicted molar refractivity (Wildman–Crippen MR) is 75.0 cm³/mol. The van der Waals surface area contributed by atoms with E-state index in [1.165, 1.54) is 0 Å². The molecule has 0 saturated carbocycles. The van der Waals surface area contributed by atoms with Crippen molar-refractivity contribution in [1.82, 2.24) is 15.0 Å². The Bertz CT molecular complexity index is 798. The number of benzene rings is 2. The molecule has 0 radical (unpaired) electrons. The molecular weight excluding hydrogens is 278 g/mol. The minimum Gasteiger partial charge on any atom is -0.478 e. The molecule has 0 spiro atoms. The number of hydrogen-bond donors (Lipinski definition) is 1. The molecule has 0 saturated heterocycles. The van der Waals surface area contributed by atoms with Crippen molar-refractivity contribution >= 4 is 28.6 Å². The normalized spacial score (nSPS) is 10.8. The van der Waals surface area contributed by atoms with Crippen LogP contribution >= 0.6 is 11.6 Å². The maximum absolute atomic E-state index is 11.3. The first kappa shape index (κ1) is 12.6. The van der Waals surface area contributed by atoms with Crippen molar-refractivity contribution in [2.24, 2.45) is 0 Å². The van der Waals surface area contributed by atoms with Crippen molar-refractivity contribution in [2.45, 2.75) is 6.54 Å². The van der Waals surface area contributed by atoms with E-state index in [-0.39, 0.29) is 5.56 Å². The molecule has 6 heteroatoms. The Morgan fingerprint density at radius 2 is 2.05 bits per heavy atom. The highest BCUT2D eigenvalue weighted by atomic mass is 35.5. The number of rotatable bonds is 3. The molecule has 0 aliphatic rings. The number of fused-ring (bicyclic) bond motifs is 1. The van der Waals surface area contributed by atoms with E-state index < -0.39 is 5.97 Å². The van der Waals surface area contributed by atoms with E-state index in [1.807, 2.05) is 18.2 Å². The molecule has 0 unspecified atom stereocenters. The number of para-hydroxylation sites is 1. The Hall–Kier alpha value is -2.40. The first-order valence-electron chi connectivity index (χ1n) is 5.95. The predicted octanol–water partition coefficient (Wildman–Crippen LogP) is 2.83. The Kier molecular flexibility index (Phi) is 3.12. The van der Waals surface area contributed by atoms with Gasteiger partial charge in [-0.2, -0.15) is 0 Å². The third-order valence-electron chi connectivity index (χ3n) is 2.99. The molecule has 1 N–H and O–H groups in total. The van der Waals surface area contributed by atoms with Gasteiger partial charge in [0.2, 0.25) is 0 Å². The van der Waals surface area contributed by atoms with Crippen molar-refractivity contribution in [2.75, 3.05) is 0 Å². The summed E-state index contributed by atoms with van der Waals surface area (Å²) in [6.07, 6.45) is 0.